The molecule has 0 saturated heterocycles. The summed E-state index contributed by atoms with van der Waals surface area (Å²) in [5.41, 5.74) is 9.67. The van der Waals surface area contributed by atoms with Gasteiger partial charge in [0.05, 0.1) is 0 Å². The largest absolute Gasteiger partial charge is 0.208 e. The second kappa shape index (κ2) is 13.4. The quantitative estimate of drug-likeness (QED) is 0.129. The highest BCUT2D eigenvalue weighted by Gasteiger charge is 2.17. The van der Waals surface area contributed by atoms with Crippen LogP contribution in [-0.4, -0.2) is 15.0 Å². The molecule has 10 aromatic rings. The molecule has 0 aliphatic heterocycles. The Bertz CT molecular complexity index is 2900. The number of fused-ring (bicyclic) bond motifs is 4. The maximum Gasteiger partial charge on any atom is 0.164 e. The van der Waals surface area contributed by atoms with Gasteiger partial charge in [0.15, 0.2) is 17.5 Å². The van der Waals surface area contributed by atoms with Gasteiger partial charge in [0.1, 0.15) is 0 Å². The molecule has 0 aliphatic carbocycles. The molecular weight excluding hydrogens is 655 g/mol. The van der Waals surface area contributed by atoms with Crippen molar-refractivity contribution < 1.29 is 0 Å². The molecule has 1 aromatic heterocycles. The van der Waals surface area contributed by atoms with Crippen LogP contribution < -0.4 is 0 Å². The van der Waals surface area contributed by atoms with E-state index in [9.17, 15) is 0 Å². The van der Waals surface area contributed by atoms with E-state index < -0.39 is 0 Å². The predicted molar refractivity (Wildman–Crippen MR) is 225 cm³/mol. The molecule has 0 saturated carbocycles. The second-order valence-corrected chi connectivity index (χ2v) is 13.6. The third-order valence-electron chi connectivity index (χ3n) is 10.3. The molecule has 0 bridgehead atoms. The number of benzene rings is 9. The van der Waals surface area contributed by atoms with E-state index >= 15 is 0 Å². The second-order valence-electron chi connectivity index (χ2n) is 13.6. The van der Waals surface area contributed by atoms with E-state index in [0.29, 0.717) is 17.5 Å². The van der Waals surface area contributed by atoms with Crippen LogP contribution in [-0.2, 0) is 0 Å². The van der Waals surface area contributed by atoms with Gasteiger partial charge in [0, 0.05) is 16.7 Å². The third kappa shape index (κ3) is 5.78. The molecule has 0 atom stereocenters. The summed E-state index contributed by atoms with van der Waals surface area (Å²) < 4.78 is 0. The van der Waals surface area contributed by atoms with Gasteiger partial charge in [0.25, 0.3) is 0 Å². The average Bonchev–Trinajstić information content (AvgIpc) is 3.26. The van der Waals surface area contributed by atoms with Crippen LogP contribution in [0.4, 0.5) is 0 Å². The van der Waals surface area contributed by atoms with Gasteiger partial charge in [-0.25, -0.2) is 15.0 Å². The first-order chi connectivity index (χ1) is 26.7. The minimum atomic E-state index is 0.629. The molecule has 54 heavy (non-hydrogen) atoms. The minimum absolute atomic E-state index is 0.629. The molecule has 0 unspecified atom stereocenters. The SMILES string of the molecule is c1ccc(-c2cc(-c3ccccc3)cc(-c3nc(-c4ccccc4)nc(-c4ccc(-c5c6ccccc6cc6c5ccc5ccccc56)cc4)n3)c2)cc1. The van der Waals surface area contributed by atoms with E-state index in [0.717, 1.165) is 44.5 Å². The Morgan fingerprint density at radius 1 is 0.222 bits per heavy atom. The van der Waals surface area contributed by atoms with E-state index in [1.165, 1.54) is 37.9 Å². The first kappa shape index (κ1) is 31.5. The molecule has 0 fully saturated rings. The molecule has 9 aromatic carbocycles. The minimum Gasteiger partial charge on any atom is -0.208 e. The first-order valence-corrected chi connectivity index (χ1v) is 18.3. The summed E-state index contributed by atoms with van der Waals surface area (Å²) in [6, 6.07) is 70.6. The molecule has 1 heterocycles. The van der Waals surface area contributed by atoms with Crippen LogP contribution in [0.3, 0.4) is 0 Å². The smallest absolute Gasteiger partial charge is 0.164 e. The van der Waals surface area contributed by atoms with E-state index in [1.54, 1.807) is 0 Å². The van der Waals surface area contributed by atoms with Gasteiger partial charge in [-0.1, -0.05) is 176 Å². The highest BCUT2D eigenvalue weighted by atomic mass is 15.0. The standard InChI is InChI=1S/C51H33N3/c1-4-14-34(15-5-1)41-30-42(35-16-6-2-7-17-35)32-43(31-41)51-53-49(38-19-8-3-9-20-38)52-50(54-51)39-26-24-37(25-27-39)48-45-23-13-11-21-40(45)33-47-44-22-12-10-18-36(44)28-29-46(47)48/h1-33H. The van der Waals surface area contributed by atoms with Gasteiger partial charge in [-0.3, -0.25) is 0 Å². The van der Waals surface area contributed by atoms with Gasteiger partial charge in [-0.15, -0.1) is 0 Å². The average molecular weight is 688 g/mol. The lowest BCUT2D eigenvalue weighted by atomic mass is 9.89. The molecule has 0 N–H and O–H groups in total. The fraction of sp³-hybridized carbons (Fsp3) is 0. The summed E-state index contributed by atoms with van der Waals surface area (Å²) in [6.07, 6.45) is 0. The van der Waals surface area contributed by atoms with Gasteiger partial charge >= 0.3 is 0 Å². The summed E-state index contributed by atoms with van der Waals surface area (Å²) in [4.78, 5) is 15.4. The van der Waals surface area contributed by atoms with Crippen molar-refractivity contribution in [2.24, 2.45) is 0 Å². The molecule has 0 radical (unpaired) electrons. The normalized spacial score (nSPS) is 11.3. The van der Waals surface area contributed by atoms with Crippen LogP contribution in [0.25, 0.3) is 99.9 Å². The number of rotatable bonds is 6. The third-order valence-corrected chi connectivity index (χ3v) is 10.3. The van der Waals surface area contributed by atoms with Crippen molar-refractivity contribution in [1.82, 2.24) is 15.0 Å². The summed E-state index contributed by atoms with van der Waals surface area (Å²) in [5.74, 6) is 1.90. The molecule has 252 valence electrons. The van der Waals surface area contributed by atoms with Gasteiger partial charge < -0.3 is 0 Å². The van der Waals surface area contributed by atoms with Crippen molar-refractivity contribution in [2.75, 3.05) is 0 Å². The lowest BCUT2D eigenvalue weighted by Gasteiger charge is -2.15. The lowest BCUT2D eigenvalue weighted by Crippen LogP contribution is -2.00. The summed E-state index contributed by atoms with van der Waals surface area (Å²) in [5, 5.41) is 7.45. The Labute approximate surface area is 313 Å². The number of nitrogens with zero attached hydrogens (tertiary/aromatic N) is 3. The maximum atomic E-state index is 5.18. The molecule has 3 heteroatoms. The highest BCUT2D eigenvalue weighted by Crippen LogP contribution is 2.40. The van der Waals surface area contributed by atoms with Crippen LogP contribution in [0.5, 0.6) is 0 Å². The zero-order chi connectivity index (χ0) is 35.8. The zero-order valence-electron chi connectivity index (χ0n) is 29.4. The zero-order valence-corrected chi connectivity index (χ0v) is 29.4. The van der Waals surface area contributed by atoms with Crippen LogP contribution in [0.2, 0.25) is 0 Å². The fourth-order valence-corrected chi connectivity index (χ4v) is 7.62. The van der Waals surface area contributed by atoms with Crippen LogP contribution >= 0.6 is 0 Å². The summed E-state index contributed by atoms with van der Waals surface area (Å²) >= 11 is 0. The molecule has 0 aliphatic rings. The summed E-state index contributed by atoms with van der Waals surface area (Å²) in [7, 11) is 0. The Morgan fingerprint density at radius 2 is 0.667 bits per heavy atom. The van der Waals surface area contributed by atoms with Crippen molar-refractivity contribution in [2.45, 2.75) is 0 Å². The van der Waals surface area contributed by atoms with E-state index in [1.807, 2.05) is 30.3 Å². The van der Waals surface area contributed by atoms with Crippen molar-refractivity contribution in [3.05, 3.63) is 200 Å². The summed E-state index contributed by atoms with van der Waals surface area (Å²) in [6.45, 7) is 0. The van der Waals surface area contributed by atoms with Gasteiger partial charge in [-0.05, 0) is 90.0 Å². The monoisotopic (exact) mass is 687 g/mol. The fourth-order valence-electron chi connectivity index (χ4n) is 7.62. The molecule has 3 nitrogen and oxygen atoms in total. The maximum absolute atomic E-state index is 5.18. The van der Waals surface area contributed by atoms with Crippen molar-refractivity contribution in [3.8, 4) is 67.5 Å². The lowest BCUT2D eigenvalue weighted by molar-refractivity contribution is 1.07. The Balaban J connectivity index is 1.14. The Hall–Kier alpha value is -7.23. The first-order valence-electron chi connectivity index (χ1n) is 18.3. The van der Waals surface area contributed by atoms with Crippen LogP contribution in [0, 0.1) is 0 Å². The van der Waals surface area contributed by atoms with Crippen LogP contribution in [0.15, 0.2) is 200 Å². The highest BCUT2D eigenvalue weighted by molar-refractivity contribution is 6.20. The number of aromatic nitrogens is 3. The molecule has 0 amide bonds. The van der Waals surface area contributed by atoms with E-state index in [4.69, 9.17) is 15.0 Å². The van der Waals surface area contributed by atoms with Crippen LogP contribution in [0.1, 0.15) is 0 Å². The van der Waals surface area contributed by atoms with Gasteiger partial charge in [0.2, 0.25) is 0 Å². The Kier molecular flexibility index (Phi) is 7.81. The molecule has 0 spiro atoms. The van der Waals surface area contributed by atoms with Crippen molar-refractivity contribution in [1.29, 1.82) is 0 Å². The Morgan fingerprint density at radius 3 is 1.28 bits per heavy atom. The van der Waals surface area contributed by atoms with Gasteiger partial charge in [-0.2, -0.15) is 0 Å². The van der Waals surface area contributed by atoms with E-state index in [2.05, 4.69) is 170 Å². The number of hydrogen-bond acceptors (Lipinski definition) is 3. The molecule has 10 rings (SSSR count). The predicted octanol–water partition coefficient (Wildman–Crippen LogP) is 13.3. The number of hydrogen-bond donors (Lipinski definition) is 0. The van der Waals surface area contributed by atoms with Crippen molar-refractivity contribution >= 4 is 32.3 Å². The van der Waals surface area contributed by atoms with Crippen molar-refractivity contribution in [3.63, 3.8) is 0 Å². The molecular formula is C51H33N3. The topological polar surface area (TPSA) is 38.7 Å². The van der Waals surface area contributed by atoms with E-state index in [-0.39, 0.29) is 0 Å².